The molecule has 4 aromatic carbocycles. The molecule has 13 heteroatoms. The number of hydrogen-bond acceptors (Lipinski definition) is 11. The molecule has 5 aliphatic rings. The number of fused-ring (bicyclic) bond motifs is 9. The summed E-state index contributed by atoms with van der Waals surface area (Å²) in [7, 11) is -7.15. The highest BCUT2D eigenvalue weighted by atomic mass is 28.5. The lowest BCUT2D eigenvalue weighted by Crippen LogP contribution is -2.69. The molecule has 55 heavy (non-hydrogen) atoms. The van der Waals surface area contributed by atoms with Crippen LogP contribution in [-0.4, -0.2) is 118 Å². The molecule has 9 rings (SSSR count). The van der Waals surface area contributed by atoms with E-state index in [4.69, 9.17) is 40.8 Å². The van der Waals surface area contributed by atoms with Crippen molar-refractivity contribution in [1.29, 1.82) is 0 Å². The van der Waals surface area contributed by atoms with Crippen molar-refractivity contribution in [2.45, 2.75) is 49.3 Å². The first-order valence-electron chi connectivity index (χ1n) is 19.7. The monoisotopic (exact) mass is 784 g/mol. The maximum atomic E-state index is 7.57. The summed E-state index contributed by atoms with van der Waals surface area (Å²) in [5.41, 5.74) is 0. The number of para-hydroxylation sites is 4. The largest absolute Gasteiger partial charge is 0.494 e. The van der Waals surface area contributed by atoms with Gasteiger partial charge in [0, 0.05) is 38.3 Å². The lowest BCUT2D eigenvalue weighted by atomic mass is 10.2. The van der Waals surface area contributed by atoms with E-state index in [9.17, 15) is 0 Å². The van der Waals surface area contributed by atoms with E-state index < -0.39 is 17.6 Å². The fraction of sp³-hybridized carbons (Fsp3) is 0.429. The standard InChI is InChI=1S/C42H52N2O9Si2/c1-5-15-35(16-6-1)45-31-39-27-43-23-13-26-55-51-41(33-47-37-19-9-3-10-20-37)29-44(30-42(52-55)34-48-38-21-11-4-12-22-38)24-14-25-54(49-39,53-55)50-40(28-43)32-46-36-17-7-2-8-18-36/h1-12,15-22,39-42H,13-14,23-34H2. The molecule has 5 fully saturated rings. The smallest absolute Gasteiger partial charge is 0.491 e. The van der Waals surface area contributed by atoms with Crippen LogP contribution in [0.2, 0.25) is 12.1 Å². The first-order valence-corrected chi connectivity index (χ1v) is 23.5. The molecule has 0 saturated carbocycles. The van der Waals surface area contributed by atoms with E-state index in [0.717, 1.165) is 48.9 Å². The van der Waals surface area contributed by atoms with Gasteiger partial charge in [0.2, 0.25) is 0 Å². The van der Waals surface area contributed by atoms with Crippen LogP contribution in [0.25, 0.3) is 0 Å². The first kappa shape index (κ1) is 38.1. The van der Waals surface area contributed by atoms with Crippen LogP contribution in [0, 0.1) is 0 Å². The molecule has 4 atom stereocenters. The topological polar surface area (TPSA) is 89.6 Å². The summed E-state index contributed by atoms with van der Waals surface area (Å²) in [5, 5.41) is 0. The van der Waals surface area contributed by atoms with Gasteiger partial charge in [-0.1, -0.05) is 72.8 Å². The van der Waals surface area contributed by atoms with Gasteiger partial charge in [0.25, 0.3) is 0 Å². The Kier molecular flexibility index (Phi) is 12.8. The van der Waals surface area contributed by atoms with Crippen molar-refractivity contribution in [3.8, 4) is 23.0 Å². The third kappa shape index (κ3) is 10.8. The summed E-state index contributed by atoms with van der Waals surface area (Å²) in [4.78, 5) is 4.85. The van der Waals surface area contributed by atoms with Crippen LogP contribution < -0.4 is 18.9 Å². The maximum absolute atomic E-state index is 7.57. The minimum absolute atomic E-state index is 0.302. The molecule has 0 aromatic heterocycles. The van der Waals surface area contributed by atoms with Gasteiger partial charge in [-0.05, 0) is 74.5 Å². The van der Waals surface area contributed by atoms with Crippen LogP contribution in [-0.2, 0) is 21.8 Å². The second kappa shape index (κ2) is 18.5. The molecule has 0 radical (unpaired) electrons. The third-order valence-corrected chi connectivity index (χ3v) is 17.4. The van der Waals surface area contributed by atoms with Crippen LogP contribution in [0.15, 0.2) is 121 Å². The van der Waals surface area contributed by atoms with Gasteiger partial charge in [-0.25, -0.2) is 0 Å². The van der Waals surface area contributed by atoms with Crippen LogP contribution in [0.3, 0.4) is 0 Å². The summed E-state index contributed by atoms with van der Waals surface area (Å²) >= 11 is 0. The molecule has 2 spiro atoms. The van der Waals surface area contributed by atoms with E-state index in [2.05, 4.69) is 9.80 Å². The van der Waals surface area contributed by atoms with E-state index in [-0.39, 0.29) is 24.4 Å². The maximum Gasteiger partial charge on any atom is 0.494 e. The normalized spacial score (nSPS) is 31.0. The van der Waals surface area contributed by atoms with Gasteiger partial charge in [0.1, 0.15) is 49.4 Å². The van der Waals surface area contributed by atoms with Crippen molar-refractivity contribution in [3.05, 3.63) is 121 Å². The zero-order valence-electron chi connectivity index (χ0n) is 31.3. The van der Waals surface area contributed by atoms with Gasteiger partial charge >= 0.3 is 17.6 Å². The first-order chi connectivity index (χ1) is 27.1. The third-order valence-electron chi connectivity index (χ3n) is 10.2. The average Bonchev–Trinajstić information content (AvgIpc) is 3.20. The van der Waals surface area contributed by atoms with Crippen LogP contribution in [0.5, 0.6) is 23.0 Å². The molecule has 0 N–H and O–H groups in total. The van der Waals surface area contributed by atoms with Gasteiger partial charge in [0.05, 0.1) is 24.4 Å². The zero-order valence-corrected chi connectivity index (χ0v) is 33.3. The molecule has 4 unspecified atom stereocenters. The second-order valence-corrected chi connectivity index (χ2v) is 20.1. The quantitative estimate of drug-likeness (QED) is 0.155. The number of ether oxygens (including phenoxy) is 4. The molecule has 11 nitrogen and oxygen atoms in total. The number of hydrogen-bond donors (Lipinski definition) is 0. The predicted octanol–water partition coefficient (Wildman–Crippen LogP) is 6.18. The van der Waals surface area contributed by atoms with E-state index in [1.807, 2.05) is 121 Å². The summed E-state index contributed by atoms with van der Waals surface area (Å²) in [6, 6.07) is 40.8. The van der Waals surface area contributed by atoms with Gasteiger partial charge in [-0.2, -0.15) is 0 Å². The SMILES string of the molecule is c1ccc(OCC2CN3CCC[Si]45OC(COc6ccccc6)CN(CCC[Si](O2)(OC(COc2ccccc2)C3)O4)CC(COc2ccccc2)O5)cc1. The van der Waals surface area contributed by atoms with Crippen molar-refractivity contribution in [3.63, 3.8) is 0 Å². The van der Waals surface area contributed by atoms with Crippen molar-refractivity contribution in [1.82, 2.24) is 9.80 Å². The molecule has 0 aliphatic carbocycles. The zero-order chi connectivity index (χ0) is 37.2. The number of nitrogens with zero attached hydrogens (tertiary/aromatic N) is 2. The Balaban J connectivity index is 1.13. The molecule has 4 aromatic rings. The van der Waals surface area contributed by atoms with Gasteiger partial charge in [-0.3, -0.25) is 9.80 Å². The molecular weight excluding hydrogens is 733 g/mol. The van der Waals surface area contributed by atoms with Crippen LogP contribution >= 0.6 is 0 Å². The molecule has 292 valence electrons. The Bertz CT molecular complexity index is 1490. The highest BCUT2D eigenvalue weighted by molar-refractivity contribution is 6.75. The van der Waals surface area contributed by atoms with E-state index >= 15 is 0 Å². The predicted molar refractivity (Wildman–Crippen MR) is 212 cm³/mol. The number of rotatable bonds is 12. The van der Waals surface area contributed by atoms with Crippen LogP contribution in [0.1, 0.15) is 12.8 Å². The summed E-state index contributed by atoms with van der Waals surface area (Å²) in [6.07, 6.45) is 0.427. The molecule has 5 saturated heterocycles. The Hall–Kier alpha value is -3.77. The molecule has 5 aliphatic heterocycles. The van der Waals surface area contributed by atoms with Crippen molar-refractivity contribution < 1.29 is 40.8 Å². The highest BCUT2D eigenvalue weighted by Gasteiger charge is 2.59. The average molecular weight is 785 g/mol. The van der Waals surface area contributed by atoms with Gasteiger partial charge in [-0.15, -0.1) is 0 Å². The Labute approximate surface area is 326 Å². The molecular formula is C42H52N2O9Si2. The second-order valence-electron chi connectivity index (χ2n) is 14.7. The summed E-state index contributed by atoms with van der Waals surface area (Å²) < 4.78 is 62.1. The lowest BCUT2D eigenvalue weighted by Gasteiger charge is -2.49. The van der Waals surface area contributed by atoms with E-state index in [1.165, 1.54) is 0 Å². The summed E-state index contributed by atoms with van der Waals surface area (Å²) in [5.74, 6) is 3.19. The van der Waals surface area contributed by atoms with E-state index in [1.54, 1.807) is 0 Å². The Morgan fingerprint density at radius 2 is 0.691 bits per heavy atom. The minimum Gasteiger partial charge on any atom is -0.491 e. The Morgan fingerprint density at radius 1 is 0.418 bits per heavy atom. The van der Waals surface area contributed by atoms with Crippen LogP contribution in [0.4, 0.5) is 0 Å². The van der Waals surface area contributed by atoms with Gasteiger partial charge < -0.3 is 40.8 Å². The van der Waals surface area contributed by atoms with Crippen molar-refractivity contribution in [2.75, 3.05) is 65.7 Å². The van der Waals surface area contributed by atoms with Crippen molar-refractivity contribution in [2.24, 2.45) is 0 Å². The summed E-state index contributed by atoms with van der Waals surface area (Å²) in [6.45, 7) is 5.70. The lowest BCUT2D eigenvalue weighted by molar-refractivity contribution is -0.0892. The number of benzene rings is 4. The molecule has 0 amide bonds. The van der Waals surface area contributed by atoms with E-state index in [0.29, 0.717) is 64.7 Å². The fourth-order valence-corrected chi connectivity index (χ4v) is 15.6. The fourth-order valence-electron chi connectivity index (χ4n) is 7.77. The highest BCUT2D eigenvalue weighted by Crippen LogP contribution is 2.37. The van der Waals surface area contributed by atoms with Gasteiger partial charge in [0.15, 0.2) is 0 Å². The minimum atomic E-state index is -3.58. The van der Waals surface area contributed by atoms with Crippen molar-refractivity contribution >= 4 is 17.6 Å². The molecule has 5 heterocycles. The molecule has 4 bridgehead atoms. The Morgan fingerprint density at radius 3 is 0.964 bits per heavy atom.